The average Bonchev–Trinajstić information content (AvgIpc) is 2.03. The van der Waals surface area contributed by atoms with Crippen LogP contribution in [0.4, 0.5) is 4.39 Å². The summed E-state index contributed by atoms with van der Waals surface area (Å²) >= 11 is 0. The number of benzene rings is 1. The molecule has 0 fully saturated rings. The molecule has 0 atom stereocenters. The standard InChI is InChI=1S/C7H3BFNO2/c8-4-1-2-5(6(9)3-4)7(11)10-12/h1-3H. The highest BCUT2D eigenvalue weighted by Gasteiger charge is 2.10. The lowest BCUT2D eigenvalue weighted by Crippen LogP contribution is -2.07. The molecule has 0 aromatic heterocycles. The minimum Gasteiger partial charge on any atom is -0.263 e. The van der Waals surface area contributed by atoms with Gasteiger partial charge in [0, 0.05) is 5.18 Å². The molecule has 12 heavy (non-hydrogen) atoms. The molecule has 5 heteroatoms. The Morgan fingerprint density at radius 2 is 2.17 bits per heavy atom. The average molecular weight is 163 g/mol. The molecule has 0 saturated carbocycles. The van der Waals surface area contributed by atoms with E-state index in [2.05, 4.69) is 5.18 Å². The summed E-state index contributed by atoms with van der Waals surface area (Å²) in [4.78, 5) is 20.3. The van der Waals surface area contributed by atoms with Gasteiger partial charge < -0.3 is 0 Å². The summed E-state index contributed by atoms with van der Waals surface area (Å²) < 4.78 is 12.8. The molecular formula is C7H3BFNO2. The maximum Gasteiger partial charge on any atom is 0.319 e. The second-order valence-electron chi connectivity index (χ2n) is 2.14. The van der Waals surface area contributed by atoms with Gasteiger partial charge in [-0.25, -0.2) is 4.39 Å². The molecule has 1 amide bonds. The van der Waals surface area contributed by atoms with Gasteiger partial charge in [0.1, 0.15) is 13.7 Å². The van der Waals surface area contributed by atoms with Crippen molar-refractivity contribution in [2.45, 2.75) is 0 Å². The van der Waals surface area contributed by atoms with Gasteiger partial charge in [-0.1, -0.05) is 11.5 Å². The van der Waals surface area contributed by atoms with Crippen molar-refractivity contribution in [1.82, 2.24) is 0 Å². The Morgan fingerprint density at radius 3 is 2.67 bits per heavy atom. The first-order valence-electron chi connectivity index (χ1n) is 3.08. The number of amides is 1. The van der Waals surface area contributed by atoms with E-state index in [1.165, 1.54) is 6.07 Å². The highest BCUT2D eigenvalue weighted by atomic mass is 19.1. The Balaban J connectivity index is 3.18. The highest BCUT2D eigenvalue weighted by Crippen LogP contribution is 2.05. The normalized spacial score (nSPS) is 9.42. The molecule has 0 aliphatic carbocycles. The molecule has 2 radical (unpaired) electrons. The van der Waals surface area contributed by atoms with Crippen molar-refractivity contribution in [1.29, 1.82) is 0 Å². The van der Waals surface area contributed by atoms with Gasteiger partial charge in [-0.15, -0.1) is 4.91 Å². The second kappa shape index (κ2) is 3.25. The van der Waals surface area contributed by atoms with Crippen LogP contribution in [-0.2, 0) is 0 Å². The van der Waals surface area contributed by atoms with Gasteiger partial charge in [-0.3, -0.25) is 4.79 Å². The Bertz CT molecular complexity index is 340. The number of hydrogen-bond donors (Lipinski definition) is 0. The van der Waals surface area contributed by atoms with Crippen LogP contribution in [0.15, 0.2) is 23.4 Å². The lowest BCUT2D eigenvalue weighted by Gasteiger charge is -1.96. The molecule has 0 heterocycles. The summed E-state index contributed by atoms with van der Waals surface area (Å²) in [6, 6.07) is 3.40. The fourth-order valence-electron chi connectivity index (χ4n) is 0.754. The van der Waals surface area contributed by atoms with E-state index in [0.29, 0.717) is 0 Å². The summed E-state index contributed by atoms with van der Waals surface area (Å²) in [6.07, 6.45) is 0. The predicted octanol–water partition coefficient (Wildman–Crippen LogP) is 0.526. The van der Waals surface area contributed by atoms with E-state index in [1.807, 2.05) is 0 Å². The van der Waals surface area contributed by atoms with Crippen molar-refractivity contribution in [3.8, 4) is 0 Å². The van der Waals surface area contributed by atoms with E-state index in [0.717, 1.165) is 12.1 Å². The maximum absolute atomic E-state index is 12.8. The molecule has 1 aromatic carbocycles. The van der Waals surface area contributed by atoms with Crippen molar-refractivity contribution >= 4 is 19.2 Å². The molecule has 0 unspecified atom stereocenters. The molecule has 0 aliphatic heterocycles. The van der Waals surface area contributed by atoms with Crippen molar-refractivity contribution in [3.05, 3.63) is 34.5 Å². The third-order valence-electron chi connectivity index (χ3n) is 1.31. The van der Waals surface area contributed by atoms with Crippen molar-refractivity contribution < 1.29 is 9.18 Å². The van der Waals surface area contributed by atoms with Gasteiger partial charge in [0.05, 0.1) is 5.56 Å². The van der Waals surface area contributed by atoms with Crippen LogP contribution in [0.3, 0.4) is 0 Å². The van der Waals surface area contributed by atoms with Crippen LogP contribution < -0.4 is 5.46 Å². The summed E-state index contributed by atoms with van der Waals surface area (Å²) in [5, 5.41) is 2.08. The number of halogens is 1. The van der Waals surface area contributed by atoms with Gasteiger partial charge in [-0.2, -0.15) is 0 Å². The van der Waals surface area contributed by atoms with Crippen molar-refractivity contribution in [3.63, 3.8) is 0 Å². The molecule has 58 valence electrons. The minimum absolute atomic E-state index is 0.190. The summed E-state index contributed by atoms with van der Waals surface area (Å²) in [5.74, 6) is -1.97. The van der Waals surface area contributed by atoms with Gasteiger partial charge in [0.2, 0.25) is 0 Å². The van der Waals surface area contributed by atoms with Crippen molar-refractivity contribution in [2.24, 2.45) is 5.18 Å². The van der Waals surface area contributed by atoms with Crippen LogP contribution >= 0.6 is 0 Å². The maximum atomic E-state index is 12.8. The number of carbonyl (C=O) groups excluding carboxylic acids is 1. The van der Waals surface area contributed by atoms with Crippen LogP contribution in [0.5, 0.6) is 0 Å². The zero-order valence-electron chi connectivity index (χ0n) is 5.95. The van der Waals surface area contributed by atoms with Crippen LogP contribution in [0.1, 0.15) is 10.4 Å². The number of nitroso groups, excluding NO2 is 1. The number of carbonyl (C=O) groups is 1. The Hall–Kier alpha value is -1.52. The molecule has 0 N–H and O–H groups in total. The topological polar surface area (TPSA) is 46.5 Å². The van der Waals surface area contributed by atoms with E-state index >= 15 is 0 Å². The molecular weight excluding hydrogens is 160 g/mol. The SMILES string of the molecule is [B]c1ccc(C(=O)N=O)c(F)c1. The third-order valence-corrected chi connectivity index (χ3v) is 1.31. The van der Waals surface area contributed by atoms with E-state index in [-0.39, 0.29) is 11.0 Å². The summed E-state index contributed by atoms with van der Waals surface area (Å²) in [5.41, 5.74) is -0.172. The first-order chi connectivity index (χ1) is 5.65. The minimum atomic E-state index is -1.13. The third kappa shape index (κ3) is 1.55. The zero-order valence-corrected chi connectivity index (χ0v) is 5.95. The van der Waals surface area contributed by atoms with Crippen LogP contribution in [0, 0.1) is 10.7 Å². The van der Waals surface area contributed by atoms with Gasteiger partial charge in [0.25, 0.3) is 0 Å². The molecule has 3 nitrogen and oxygen atoms in total. The van der Waals surface area contributed by atoms with E-state index in [4.69, 9.17) is 7.85 Å². The number of hydrogen-bond acceptors (Lipinski definition) is 2. The monoisotopic (exact) mass is 163 g/mol. The van der Waals surface area contributed by atoms with Gasteiger partial charge >= 0.3 is 5.91 Å². The Labute approximate surface area is 69.0 Å². The van der Waals surface area contributed by atoms with Crippen molar-refractivity contribution in [2.75, 3.05) is 0 Å². The Kier molecular flexibility index (Phi) is 2.33. The molecule has 0 spiro atoms. The Morgan fingerprint density at radius 1 is 1.50 bits per heavy atom. The van der Waals surface area contributed by atoms with Crippen LogP contribution in [0.25, 0.3) is 0 Å². The number of rotatable bonds is 1. The highest BCUT2D eigenvalue weighted by molar-refractivity contribution is 6.32. The predicted molar refractivity (Wildman–Crippen MR) is 41.9 cm³/mol. The second-order valence-corrected chi connectivity index (χ2v) is 2.14. The molecule has 1 aromatic rings. The molecule has 0 aliphatic rings. The smallest absolute Gasteiger partial charge is 0.263 e. The fraction of sp³-hybridized carbons (Fsp3) is 0. The lowest BCUT2D eigenvalue weighted by atomic mass is 9.95. The first-order valence-corrected chi connectivity index (χ1v) is 3.08. The van der Waals surface area contributed by atoms with Crippen LogP contribution in [-0.4, -0.2) is 13.8 Å². The zero-order chi connectivity index (χ0) is 9.14. The van der Waals surface area contributed by atoms with Crippen LogP contribution in [0.2, 0.25) is 0 Å². The quantitative estimate of drug-likeness (QED) is 0.447. The van der Waals surface area contributed by atoms with E-state index in [1.54, 1.807) is 0 Å². The van der Waals surface area contributed by atoms with E-state index in [9.17, 15) is 14.1 Å². The number of nitrogens with zero attached hydrogens (tertiary/aromatic N) is 1. The lowest BCUT2D eigenvalue weighted by molar-refractivity contribution is 0.0997. The van der Waals surface area contributed by atoms with Gasteiger partial charge in [0.15, 0.2) is 0 Å². The summed E-state index contributed by atoms with van der Waals surface area (Å²) in [6.45, 7) is 0. The van der Waals surface area contributed by atoms with E-state index < -0.39 is 11.7 Å². The molecule has 0 saturated heterocycles. The van der Waals surface area contributed by atoms with Gasteiger partial charge in [-0.05, 0) is 12.1 Å². The molecule has 1 rings (SSSR count). The first kappa shape index (κ1) is 8.58. The largest absolute Gasteiger partial charge is 0.319 e. The summed E-state index contributed by atoms with van der Waals surface area (Å²) in [7, 11) is 5.21. The molecule has 0 bridgehead atoms. The fourth-order valence-corrected chi connectivity index (χ4v) is 0.754.